The summed E-state index contributed by atoms with van der Waals surface area (Å²) < 4.78 is 68.1. The van der Waals surface area contributed by atoms with Crippen molar-refractivity contribution in [3.05, 3.63) is 29.3 Å². The van der Waals surface area contributed by atoms with Crippen LogP contribution >= 0.6 is 0 Å². The number of alkyl halides is 3. The second kappa shape index (κ2) is 6.57. The number of carbonyl (C=O) groups excluding carboxylic acids is 2. The molecule has 0 aliphatic heterocycles. The minimum Gasteiger partial charge on any atom is -0.465 e. The number of halogens is 3. The first-order valence-corrected chi connectivity index (χ1v) is 7.59. The highest BCUT2D eigenvalue weighted by Gasteiger charge is 2.49. The third-order valence-corrected chi connectivity index (χ3v) is 3.65. The van der Waals surface area contributed by atoms with Gasteiger partial charge in [0.15, 0.2) is 11.5 Å². The van der Waals surface area contributed by atoms with Gasteiger partial charge >= 0.3 is 21.6 Å². The molecular formula is C13H13F3O6S. The minimum absolute atomic E-state index is 0.388. The third kappa shape index (κ3) is 4.01. The normalized spacial score (nSPS) is 12.1. The number of carbonyl (C=O) groups is 2. The van der Waals surface area contributed by atoms with Gasteiger partial charge in [0.1, 0.15) is 0 Å². The average Bonchev–Trinajstić information content (AvgIpc) is 2.43. The number of Topliss-reactive ketones (excluding diaryl/α,β-unsaturated/α-hetero) is 1. The summed E-state index contributed by atoms with van der Waals surface area (Å²) in [5, 5.41) is 0. The maximum Gasteiger partial charge on any atom is 0.534 e. The van der Waals surface area contributed by atoms with Crippen LogP contribution in [-0.4, -0.2) is 32.8 Å². The lowest BCUT2D eigenvalue weighted by Crippen LogP contribution is -2.29. The zero-order valence-electron chi connectivity index (χ0n) is 12.3. The molecule has 0 spiro atoms. The maximum atomic E-state index is 12.4. The van der Waals surface area contributed by atoms with Crippen molar-refractivity contribution in [3.63, 3.8) is 0 Å². The number of ketones is 1. The van der Waals surface area contributed by atoms with Gasteiger partial charge in [-0.25, -0.2) is 4.79 Å². The van der Waals surface area contributed by atoms with Gasteiger partial charge in [0.2, 0.25) is 0 Å². The van der Waals surface area contributed by atoms with E-state index in [1.54, 1.807) is 0 Å². The molecule has 0 heterocycles. The van der Waals surface area contributed by atoms with Gasteiger partial charge in [-0.3, -0.25) is 4.79 Å². The van der Waals surface area contributed by atoms with Crippen molar-refractivity contribution in [1.82, 2.24) is 0 Å². The number of hydrogen-bond acceptors (Lipinski definition) is 6. The molecule has 0 radical (unpaired) electrons. The minimum atomic E-state index is -5.99. The Hall–Kier alpha value is -2.10. The number of benzene rings is 1. The molecule has 0 N–H and O–H groups in total. The Labute approximate surface area is 130 Å². The van der Waals surface area contributed by atoms with Crippen molar-refractivity contribution in [1.29, 1.82) is 0 Å². The van der Waals surface area contributed by atoms with Crippen LogP contribution in [0, 0.1) is 5.92 Å². The predicted octanol–water partition coefficient (Wildman–Crippen LogP) is 2.54. The highest BCUT2D eigenvalue weighted by molar-refractivity contribution is 7.88. The summed E-state index contributed by atoms with van der Waals surface area (Å²) >= 11 is 0. The molecule has 1 aromatic carbocycles. The fourth-order valence-corrected chi connectivity index (χ4v) is 2.06. The van der Waals surface area contributed by atoms with Crippen LogP contribution < -0.4 is 4.18 Å². The largest absolute Gasteiger partial charge is 0.534 e. The van der Waals surface area contributed by atoms with Gasteiger partial charge in [0.05, 0.1) is 18.2 Å². The molecule has 10 heteroatoms. The van der Waals surface area contributed by atoms with Crippen LogP contribution in [-0.2, 0) is 14.9 Å². The quantitative estimate of drug-likeness (QED) is 0.350. The summed E-state index contributed by atoms with van der Waals surface area (Å²) in [6, 6.07) is 3.05. The molecule has 1 rings (SSSR count). The number of hydrogen-bond donors (Lipinski definition) is 0. The van der Waals surface area contributed by atoms with E-state index in [-0.39, 0.29) is 5.56 Å². The van der Waals surface area contributed by atoms with E-state index in [0.717, 1.165) is 25.3 Å². The lowest BCUT2D eigenvalue weighted by Gasteiger charge is -2.15. The van der Waals surface area contributed by atoms with E-state index in [1.807, 2.05) is 0 Å². The van der Waals surface area contributed by atoms with Crippen LogP contribution in [0.15, 0.2) is 18.2 Å². The summed E-state index contributed by atoms with van der Waals surface area (Å²) in [6.07, 6.45) is 0. The van der Waals surface area contributed by atoms with Crippen molar-refractivity contribution in [2.24, 2.45) is 5.92 Å². The molecule has 0 unspecified atom stereocenters. The van der Waals surface area contributed by atoms with Crippen molar-refractivity contribution >= 4 is 21.9 Å². The van der Waals surface area contributed by atoms with Crippen LogP contribution in [0.4, 0.5) is 13.2 Å². The van der Waals surface area contributed by atoms with Crippen LogP contribution in [0.3, 0.4) is 0 Å². The number of ether oxygens (including phenoxy) is 1. The van der Waals surface area contributed by atoms with Gasteiger partial charge in [0, 0.05) is 5.92 Å². The lowest BCUT2D eigenvalue weighted by molar-refractivity contribution is -0.0500. The molecule has 0 aromatic heterocycles. The second-order valence-electron chi connectivity index (χ2n) is 4.67. The Morgan fingerprint density at radius 1 is 1.17 bits per heavy atom. The lowest BCUT2D eigenvalue weighted by atomic mass is 9.95. The Kier molecular flexibility index (Phi) is 5.41. The molecule has 0 aliphatic carbocycles. The van der Waals surface area contributed by atoms with Crippen LogP contribution in [0.2, 0.25) is 0 Å². The van der Waals surface area contributed by atoms with Gasteiger partial charge in [-0.1, -0.05) is 19.9 Å². The zero-order chi connectivity index (χ0) is 18.0. The summed E-state index contributed by atoms with van der Waals surface area (Å²) in [7, 11) is -4.98. The first kappa shape index (κ1) is 18.9. The van der Waals surface area contributed by atoms with E-state index in [1.165, 1.54) is 13.8 Å². The van der Waals surface area contributed by atoms with Crippen molar-refractivity contribution in [2.75, 3.05) is 7.11 Å². The van der Waals surface area contributed by atoms with E-state index in [9.17, 15) is 31.2 Å². The summed E-state index contributed by atoms with van der Waals surface area (Å²) in [6.45, 7) is 2.86. The maximum absolute atomic E-state index is 12.4. The molecule has 0 saturated heterocycles. The Bertz CT molecular complexity index is 722. The molecule has 0 amide bonds. The van der Waals surface area contributed by atoms with Crippen molar-refractivity contribution < 1.29 is 40.1 Å². The third-order valence-electron chi connectivity index (χ3n) is 2.69. The first-order valence-electron chi connectivity index (χ1n) is 6.18. The predicted molar refractivity (Wildman–Crippen MR) is 72.6 cm³/mol. The summed E-state index contributed by atoms with van der Waals surface area (Å²) in [4.78, 5) is 23.9. The van der Waals surface area contributed by atoms with Gasteiger partial charge in [0.25, 0.3) is 0 Å². The van der Waals surface area contributed by atoms with E-state index >= 15 is 0 Å². The second-order valence-corrected chi connectivity index (χ2v) is 6.21. The standard InChI is InChI=1S/C13H13F3O6S/c1-7(2)11(17)10-8(12(18)21-3)5-4-6-9(10)22-23(19,20)13(14,15)16/h4-7H,1-3H3. The van der Waals surface area contributed by atoms with Crippen molar-refractivity contribution in [2.45, 2.75) is 19.4 Å². The molecule has 0 fully saturated rings. The van der Waals surface area contributed by atoms with Crippen LogP contribution in [0.1, 0.15) is 34.6 Å². The van der Waals surface area contributed by atoms with Crippen LogP contribution in [0.25, 0.3) is 0 Å². The molecule has 0 atom stereocenters. The highest BCUT2D eigenvalue weighted by Crippen LogP contribution is 2.32. The fourth-order valence-electron chi connectivity index (χ4n) is 1.59. The van der Waals surface area contributed by atoms with Crippen molar-refractivity contribution in [3.8, 4) is 5.75 Å². The van der Waals surface area contributed by atoms with E-state index in [2.05, 4.69) is 8.92 Å². The SMILES string of the molecule is COC(=O)c1cccc(OS(=O)(=O)C(F)(F)F)c1C(=O)C(C)C. The molecule has 0 aliphatic rings. The summed E-state index contributed by atoms with van der Waals surface area (Å²) in [5.74, 6) is -3.39. The number of rotatable bonds is 5. The Morgan fingerprint density at radius 3 is 2.17 bits per heavy atom. The first-order chi connectivity index (χ1) is 10.4. The van der Waals surface area contributed by atoms with Gasteiger partial charge in [-0.2, -0.15) is 21.6 Å². The summed E-state index contributed by atoms with van der Waals surface area (Å²) in [5.41, 5.74) is -6.64. The van der Waals surface area contributed by atoms with Gasteiger partial charge < -0.3 is 8.92 Å². The topological polar surface area (TPSA) is 86.7 Å². The zero-order valence-corrected chi connectivity index (χ0v) is 13.1. The molecular weight excluding hydrogens is 341 g/mol. The van der Waals surface area contributed by atoms with E-state index in [0.29, 0.717) is 0 Å². The van der Waals surface area contributed by atoms with E-state index < -0.39 is 44.6 Å². The molecule has 23 heavy (non-hydrogen) atoms. The Morgan fingerprint density at radius 2 is 1.74 bits per heavy atom. The molecule has 0 saturated carbocycles. The van der Waals surface area contributed by atoms with Crippen LogP contribution in [0.5, 0.6) is 5.75 Å². The Balaban J connectivity index is 3.55. The number of esters is 1. The van der Waals surface area contributed by atoms with E-state index in [4.69, 9.17) is 0 Å². The fraction of sp³-hybridized carbons (Fsp3) is 0.385. The molecule has 6 nitrogen and oxygen atoms in total. The van der Waals surface area contributed by atoms with Gasteiger partial charge in [-0.15, -0.1) is 0 Å². The average molecular weight is 354 g/mol. The van der Waals surface area contributed by atoms with Gasteiger partial charge in [-0.05, 0) is 12.1 Å². The number of methoxy groups -OCH3 is 1. The highest BCUT2D eigenvalue weighted by atomic mass is 32.2. The smallest absolute Gasteiger partial charge is 0.465 e. The molecule has 128 valence electrons. The molecule has 1 aromatic rings. The monoisotopic (exact) mass is 354 g/mol. The molecule has 0 bridgehead atoms.